The molecule has 0 bridgehead atoms. The second-order valence-electron chi connectivity index (χ2n) is 8.08. The summed E-state index contributed by atoms with van der Waals surface area (Å²) in [7, 11) is 5.30. The van der Waals surface area contributed by atoms with Crippen LogP contribution in [0.4, 0.5) is 0 Å². The molecule has 0 saturated carbocycles. The molecule has 0 aliphatic heterocycles. The first-order chi connectivity index (χ1) is 16.4. The van der Waals surface area contributed by atoms with Gasteiger partial charge < -0.3 is 15.2 Å². The number of aryl methyl sites for hydroxylation is 3. The maximum atomic E-state index is 12.1. The third-order valence-electron chi connectivity index (χ3n) is 5.65. The SMILES string of the molecule is Cn1nnnc1SCCCNCc1ccc(OC[C@@H](O)c2ccc3c(c2)n(C)c(=O)n3C)cc1. The zero-order chi connectivity index (χ0) is 24.1. The van der Waals surface area contributed by atoms with Gasteiger partial charge in [-0.3, -0.25) is 9.13 Å². The Balaban J connectivity index is 1.20. The summed E-state index contributed by atoms with van der Waals surface area (Å²) in [6, 6.07) is 13.4. The maximum absolute atomic E-state index is 12.1. The van der Waals surface area contributed by atoms with Gasteiger partial charge in [0.15, 0.2) is 0 Å². The Bertz CT molecular complexity index is 1300. The monoisotopic (exact) mass is 483 g/mol. The standard InChI is InChI=1S/C23H29N7O3S/c1-28-19-10-7-17(13-20(19)29(2)23(28)32)21(31)15-33-18-8-5-16(6-9-18)14-24-11-4-12-34-22-25-26-27-30(22)3/h5-10,13,21,24,31H,4,11-12,14-15H2,1-3H3/t21-/m1/s1. The molecule has 2 heterocycles. The minimum atomic E-state index is -0.795. The second-order valence-corrected chi connectivity index (χ2v) is 9.15. The quantitative estimate of drug-likeness (QED) is 0.245. The topological polar surface area (TPSA) is 112 Å². The van der Waals surface area contributed by atoms with Gasteiger partial charge in [0, 0.05) is 33.4 Å². The summed E-state index contributed by atoms with van der Waals surface area (Å²) < 4.78 is 10.6. The van der Waals surface area contributed by atoms with Crippen LogP contribution in [0, 0.1) is 0 Å². The van der Waals surface area contributed by atoms with Crippen LogP contribution < -0.4 is 15.7 Å². The lowest BCUT2D eigenvalue weighted by atomic mass is 10.1. The molecule has 34 heavy (non-hydrogen) atoms. The number of hydrogen-bond acceptors (Lipinski definition) is 8. The highest BCUT2D eigenvalue weighted by Gasteiger charge is 2.13. The smallest absolute Gasteiger partial charge is 0.328 e. The maximum Gasteiger partial charge on any atom is 0.328 e. The Morgan fingerprint density at radius 2 is 1.85 bits per heavy atom. The van der Waals surface area contributed by atoms with Crippen molar-refractivity contribution in [2.45, 2.75) is 24.2 Å². The molecule has 0 spiro atoms. The van der Waals surface area contributed by atoms with Crippen molar-refractivity contribution >= 4 is 22.8 Å². The Morgan fingerprint density at radius 3 is 2.59 bits per heavy atom. The number of imidazole rings is 1. The number of hydrogen-bond donors (Lipinski definition) is 2. The minimum absolute atomic E-state index is 0.0918. The number of nitrogens with one attached hydrogen (secondary N) is 1. The molecule has 11 heteroatoms. The van der Waals surface area contributed by atoms with Crippen molar-refractivity contribution < 1.29 is 9.84 Å². The van der Waals surface area contributed by atoms with Crippen LogP contribution in [0.3, 0.4) is 0 Å². The van der Waals surface area contributed by atoms with Gasteiger partial charge in [0.05, 0.1) is 11.0 Å². The zero-order valence-corrected chi connectivity index (χ0v) is 20.3. The van der Waals surface area contributed by atoms with Gasteiger partial charge in [0.1, 0.15) is 18.5 Å². The highest BCUT2D eigenvalue weighted by atomic mass is 32.2. The number of ether oxygens (including phenoxy) is 1. The molecule has 4 aromatic rings. The van der Waals surface area contributed by atoms with E-state index in [1.807, 2.05) is 49.5 Å². The molecule has 2 aromatic heterocycles. The van der Waals surface area contributed by atoms with Crippen LogP contribution in [0.2, 0.25) is 0 Å². The molecule has 0 amide bonds. The van der Waals surface area contributed by atoms with E-state index in [9.17, 15) is 9.90 Å². The fourth-order valence-corrected chi connectivity index (χ4v) is 4.43. The van der Waals surface area contributed by atoms with Crippen molar-refractivity contribution in [2.75, 3.05) is 18.9 Å². The molecule has 2 N–H and O–H groups in total. The summed E-state index contributed by atoms with van der Waals surface area (Å²) in [4.78, 5) is 12.1. The van der Waals surface area contributed by atoms with Crippen molar-refractivity contribution in [2.24, 2.45) is 21.1 Å². The predicted molar refractivity (Wildman–Crippen MR) is 131 cm³/mol. The number of fused-ring (bicyclic) bond motifs is 1. The summed E-state index contributed by atoms with van der Waals surface area (Å²) in [5, 5.41) is 26.2. The Hall–Kier alpha value is -3.15. The lowest BCUT2D eigenvalue weighted by Gasteiger charge is -2.13. The second kappa shape index (κ2) is 10.9. The van der Waals surface area contributed by atoms with Gasteiger partial charge in [0.2, 0.25) is 5.16 Å². The number of benzene rings is 2. The molecule has 0 saturated heterocycles. The molecule has 180 valence electrons. The van der Waals surface area contributed by atoms with Gasteiger partial charge in [-0.15, -0.1) is 5.10 Å². The zero-order valence-electron chi connectivity index (χ0n) is 19.5. The van der Waals surface area contributed by atoms with Gasteiger partial charge in [-0.1, -0.05) is 30.0 Å². The van der Waals surface area contributed by atoms with E-state index >= 15 is 0 Å². The molecule has 10 nitrogen and oxygen atoms in total. The van der Waals surface area contributed by atoms with E-state index in [0.29, 0.717) is 11.3 Å². The van der Waals surface area contributed by atoms with Crippen LogP contribution in [0.5, 0.6) is 5.75 Å². The first kappa shape index (κ1) is 24.0. The molecule has 0 aliphatic carbocycles. The summed E-state index contributed by atoms with van der Waals surface area (Å²) >= 11 is 1.64. The van der Waals surface area contributed by atoms with Crippen molar-refractivity contribution in [3.63, 3.8) is 0 Å². The van der Waals surface area contributed by atoms with Gasteiger partial charge in [-0.2, -0.15) is 0 Å². The van der Waals surface area contributed by atoms with E-state index in [2.05, 4.69) is 20.8 Å². The van der Waals surface area contributed by atoms with Gasteiger partial charge in [-0.25, -0.2) is 9.48 Å². The highest BCUT2D eigenvalue weighted by molar-refractivity contribution is 7.99. The van der Waals surface area contributed by atoms with E-state index in [4.69, 9.17) is 4.74 Å². The molecule has 0 aliphatic rings. The first-order valence-corrected chi connectivity index (χ1v) is 12.0. The highest BCUT2D eigenvalue weighted by Crippen LogP contribution is 2.21. The van der Waals surface area contributed by atoms with Crippen molar-refractivity contribution in [1.29, 1.82) is 0 Å². The number of aromatic nitrogens is 6. The largest absolute Gasteiger partial charge is 0.491 e. The van der Waals surface area contributed by atoms with E-state index in [-0.39, 0.29) is 12.3 Å². The van der Waals surface area contributed by atoms with E-state index < -0.39 is 6.10 Å². The Labute approximate surface area is 201 Å². The van der Waals surface area contributed by atoms with Crippen LogP contribution in [-0.2, 0) is 27.7 Å². The summed E-state index contributed by atoms with van der Waals surface area (Å²) in [5.41, 5.74) is 3.39. The van der Waals surface area contributed by atoms with E-state index in [1.165, 1.54) is 0 Å². The number of nitrogens with zero attached hydrogens (tertiary/aromatic N) is 6. The molecule has 0 fully saturated rings. The van der Waals surface area contributed by atoms with Crippen LogP contribution >= 0.6 is 11.8 Å². The van der Waals surface area contributed by atoms with E-state index in [1.54, 1.807) is 39.7 Å². The molecule has 2 aromatic carbocycles. The van der Waals surface area contributed by atoms with Gasteiger partial charge >= 0.3 is 5.69 Å². The number of aliphatic hydroxyl groups is 1. The lowest BCUT2D eigenvalue weighted by Crippen LogP contribution is -2.19. The fraction of sp³-hybridized carbons (Fsp3) is 0.391. The van der Waals surface area contributed by atoms with Crippen molar-refractivity contribution in [3.8, 4) is 5.75 Å². The number of tetrazole rings is 1. The lowest BCUT2D eigenvalue weighted by molar-refractivity contribution is 0.108. The normalized spacial score (nSPS) is 12.4. The molecule has 1 atom stereocenters. The molecular weight excluding hydrogens is 454 g/mol. The minimum Gasteiger partial charge on any atom is -0.491 e. The Kier molecular flexibility index (Phi) is 7.66. The van der Waals surface area contributed by atoms with Crippen molar-refractivity contribution in [3.05, 3.63) is 64.1 Å². The number of rotatable bonds is 11. The summed E-state index contributed by atoms with van der Waals surface area (Å²) in [6.07, 6.45) is 0.218. The fourth-order valence-electron chi connectivity index (χ4n) is 3.64. The third-order valence-corrected chi connectivity index (χ3v) is 6.75. The summed E-state index contributed by atoms with van der Waals surface area (Å²) in [6.45, 7) is 1.80. The van der Waals surface area contributed by atoms with Crippen LogP contribution in [0.15, 0.2) is 52.4 Å². The van der Waals surface area contributed by atoms with Crippen LogP contribution in [0.25, 0.3) is 11.0 Å². The van der Waals surface area contributed by atoms with Gasteiger partial charge in [0.25, 0.3) is 0 Å². The van der Waals surface area contributed by atoms with Crippen molar-refractivity contribution in [1.82, 2.24) is 34.7 Å². The molecule has 0 unspecified atom stereocenters. The molecule has 4 rings (SSSR count). The average molecular weight is 484 g/mol. The Morgan fingerprint density at radius 1 is 1.09 bits per heavy atom. The third kappa shape index (κ3) is 5.49. The summed E-state index contributed by atoms with van der Waals surface area (Å²) in [5.74, 6) is 1.65. The van der Waals surface area contributed by atoms with Crippen LogP contribution in [0.1, 0.15) is 23.7 Å². The van der Waals surface area contributed by atoms with Gasteiger partial charge in [-0.05, 0) is 58.8 Å². The molecular formula is C23H29N7O3S. The van der Waals surface area contributed by atoms with E-state index in [0.717, 1.165) is 47.0 Å². The molecule has 0 radical (unpaired) electrons. The average Bonchev–Trinajstić information content (AvgIpc) is 3.36. The number of thioether (sulfide) groups is 1. The number of aliphatic hydroxyl groups excluding tert-OH is 1. The van der Waals surface area contributed by atoms with Crippen LogP contribution in [-0.4, -0.2) is 53.4 Å². The first-order valence-electron chi connectivity index (χ1n) is 11.0. The predicted octanol–water partition coefficient (Wildman–Crippen LogP) is 1.78.